The van der Waals surface area contributed by atoms with Crippen LogP contribution >= 0.6 is 11.8 Å². The highest BCUT2D eigenvalue weighted by atomic mass is 32.2. The molecule has 1 unspecified atom stereocenters. The molecule has 4 rings (SSSR count). The van der Waals surface area contributed by atoms with Crippen molar-refractivity contribution in [3.8, 4) is 0 Å². The van der Waals surface area contributed by atoms with Gasteiger partial charge in [0.1, 0.15) is 0 Å². The van der Waals surface area contributed by atoms with Crippen molar-refractivity contribution >= 4 is 35.0 Å². The Hall–Kier alpha value is -3.51. The second-order valence-corrected chi connectivity index (χ2v) is 8.39. The van der Waals surface area contributed by atoms with Crippen molar-refractivity contribution in [1.29, 1.82) is 0 Å². The quantitative estimate of drug-likeness (QED) is 0.474. The first-order chi connectivity index (χ1) is 15.1. The number of anilines is 2. The first-order valence-electron chi connectivity index (χ1n) is 10.0. The lowest BCUT2D eigenvalue weighted by atomic mass is 10.1. The van der Waals surface area contributed by atoms with Crippen LogP contribution in [0.4, 0.5) is 11.4 Å². The van der Waals surface area contributed by atoms with Gasteiger partial charge in [0.15, 0.2) is 0 Å². The van der Waals surface area contributed by atoms with Crippen LogP contribution in [0.25, 0.3) is 0 Å². The summed E-state index contributed by atoms with van der Waals surface area (Å²) in [4.78, 5) is 24.9. The van der Waals surface area contributed by atoms with E-state index in [1.54, 1.807) is 36.0 Å². The van der Waals surface area contributed by atoms with E-state index in [0.717, 1.165) is 17.5 Å². The molecule has 0 saturated heterocycles. The summed E-state index contributed by atoms with van der Waals surface area (Å²) >= 11 is 1.77. The number of amides is 2. The Morgan fingerprint density at radius 2 is 1.68 bits per heavy atom. The van der Waals surface area contributed by atoms with E-state index in [0.29, 0.717) is 34.3 Å². The molecule has 1 atom stereocenters. The minimum Gasteiger partial charge on any atom is -0.397 e. The first kappa shape index (κ1) is 20.8. The van der Waals surface area contributed by atoms with E-state index in [2.05, 4.69) is 22.1 Å². The number of nitrogen functional groups attached to an aromatic ring is 1. The highest BCUT2D eigenvalue weighted by Gasteiger charge is 2.16. The lowest BCUT2D eigenvalue weighted by Gasteiger charge is -2.14. The van der Waals surface area contributed by atoms with Crippen LogP contribution in [0, 0.1) is 0 Å². The molecule has 0 radical (unpaired) electrons. The predicted molar refractivity (Wildman–Crippen MR) is 127 cm³/mol. The molecule has 0 spiro atoms. The maximum Gasteiger partial charge on any atom is 0.255 e. The zero-order valence-electron chi connectivity index (χ0n) is 16.9. The Bertz CT molecular complexity index is 1100. The molecule has 3 aromatic rings. The van der Waals surface area contributed by atoms with Crippen molar-refractivity contribution in [3.05, 3.63) is 107 Å². The van der Waals surface area contributed by atoms with E-state index >= 15 is 0 Å². The Morgan fingerprint density at radius 3 is 2.39 bits per heavy atom. The Balaban J connectivity index is 1.37. The fraction of sp³-hybridized carbons (Fsp3) is 0.120. The van der Waals surface area contributed by atoms with Gasteiger partial charge in [-0.15, -0.1) is 11.8 Å². The smallest absolute Gasteiger partial charge is 0.255 e. The molecule has 6 heteroatoms. The normalized spacial score (nSPS) is 14.9. The maximum absolute atomic E-state index is 12.7. The maximum atomic E-state index is 12.7. The molecule has 1 heterocycles. The summed E-state index contributed by atoms with van der Waals surface area (Å²) in [6.07, 6.45) is 3.12. The van der Waals surface area contributed by atoms with E-state index < -0.39 is 0 Å². The highest BCUT2D eigenvalue weighted by molar-refractivity contribution is 8.02. The number of benzene rings is 3. The number of nitrogens with one attached hydrogen (secondary N) is 2. The molecule has 0 aliphatic carbocycles. The molecule has 0 bridgehead atoms. The van der Waals surface area contributed by atoms with Crippen LogP contribution in [0.3, 0.4) is 0 Å². The van der Waals surface area contributed by atoms with Gasteiger partial charge >= 0.3 is 0 Å². The number of rotatable bonds is 6. The van der Waals surface area contributed by atoms with Crippen LogP contribution in [-0.4, -0.2) is 11.8 Å². The summed E-state index contributed by atoms with van der Waals surface area (Å²) in [5, 5.41) is 8.26. The molecule has 31 heavy (non-hydrogen) atoms. The summed E-state index contributed by atoms with van der Waals surface area (Å²) in [5.74, 6) is -0.352. The highest BCUT2D eigenvalue weighted by Crippen LogP contribution is 2.39. The average molecular weight is 430 g/mol. The largest absolute Gasteiger partial charge is 0.397 e. The standard InChI is InChI=1S/C25H23N3O2S/c26-21-13-12-20(23-7-4-14-31-23)15-22(21)28-25(30)19-10-8-17(9-11-19)16-27-24(29)18-5-2-1-3-6-18/h1-6,8-15,23H,7,16,26H2,(H,27,29)(H,28,30). The number of hydrogen-bond acceptors (Lipinski definition) is 4. The third-order valence-corrected chi connectivity index (χ3v) is 6.23. The van der Waals surface area contributed by atoms with Crippen molar-refractivity contribution in [2.45, 2.75) is 18.2 Å². The molecule has 0 aromatic heterocycles. The van der Waals surface area contributed by atoms with Crippen LogP contribution in [0.1, 0.15) is 43.5 Å². The van der Waals surface area contributed by atoms with Crippen LogP contribution in [0.2, 0.25) is 0 Å². The fourth-order valence-corrected chi connectivity index (χ4v) is 4.26. The molecule has 0 saturated carbocycles. The lowest BCUT2D eigenvalue weighted by molar-refractivity contribution is 0.0949. The molecule has 3 aromatic carbocycles. The van der Waals surface area contributed by atoms with Crippen LogP contribution in [0.15, 0.2) is 84.3 Å². The van der Waals surface area contributed by atoms with Crippen LogP contribution in [-0.2, 0) is 6.54 Å². The van der Waals surface area contributed by atoms with Crippen molar-refractivity contribution in [3.63, 3.8) is 0 Å². The second-order valence-electron chi connectivity index (χ2n) is 7.28. The molecule has 1 aliphatic heterocycles. The monoisotopic (exact) mass is 429 g/mol. The van der Waals surface area contributed by atoms with Crippen LogP contribution in [0.5, 0.6) is 0 Å². The molecular weight excluding hydrogens is 406 g/mol. The Labute approximate surface area is 185 Å². The number of allylic oxidation sites excluding steroid dienone is 1. The number of carbonyl (C=O) groups is 2. The molecule has 156 valence electrons. The number of thioether (sulfide) groups is 1. The predicted octanol–water partition coefficient (Wildman–Crippen LogP) is 5.14. The summed E-state index contributed by atoms with van der Waals surface area (Å²) in [6.45, 7) is 0.387. The second kappa shape index (κ2) is 9.53. The van der Waals surface area contributed by atoms with Gasteiger partial charge in [-0.2, -0.15) is 0 Å². The summed E-state index contributed by atoms with van der Waals surface area (Å²) in [6, 6.07) is 22.0. The topological polar surface area (TPSA) is 84.2 Å². The van der Waals surface area contributed by atoms with E-state index in [9.17, 15) is 9.59 Å². The van der Waals surface area contributed by atoms with Gasteiger partial charge in [0.25, 0.3) is 11.8 Å². The lowest BCUT2D eigenvalue weighted by Crippen LogP contribution is -2.22. The van der Waals surface area contributed by atoms with Gasteiger partial charge in [0, 0.05) is 22.9 Å². The van der Waals surface area contributed by atoms with Gasteiger partial charge in [-0.05, 0) is 59.4 Å². The van der Waals surface area contributed by atoms with Gasteiger partial charge in [-0.3, -0.25) is 9.59 Å². The first-order valence-corrected chi connectivity index (χ1v) is 11.0. The van der Waals surface area contributed by atoms with E-state index in [1.807, 2.05) is 48.5 Å². The van der Waals surface area contributed by atoms with Crippen molar-refractivity contribution in [1.82, 2.24) is 5.32 Å². The van der Waals surface area contributed by atoms with Gasteiger partial charge in [-0.1, -0.05) is 42.5 Å². The Morgan fingerprint density at radius 1 is 0.935 bits per heavy atom. The van der Waals surface area contributed by atoms with Crippen molar-refractivity contribution in [2.75, 3.05) is 11.1 Å². The summed E-state index contributed by atoms with van der Waals surface area (Å²) in [5.41, 5.74) is 10.4. The molecule has 0 fully saturated rings. The molecule has 1 aliphatic rings. The third-order valence-electron chi connectivity index (χ3n) is 5.09. The van der Waals surface area contributed by atoms with Crippen LogP contribution < -0.4 is 16.4 Å². The van der Waals surface area contributed by atoms with Crippen molar-refractivity contribution in [2.24, 2.45) is 0 Å². The molecule has 2 amide bonds. The third kappa shape index (κ3) is 5.16. The minimum absolute atomic E-state index is 0.131. The van der Waals surface area contributed by atoms with E-state index in [-0.39, 0.29) is 11.8 Å². The molecule has 5 nitrogen and oxygen atoms in total. The van der Waals surface area contributed by atoms with Crippen molar-refractivity contribution < 1.29 is 9.59 Å². The molecule has 4 N–H and O–H groups in total. The number of carbonyl (C=O) groups excluding carboxylic acids is 2. The van der Waals surface area contributed by atoms with Gasteiger partial charge < -0.3 is 16.4 Å². The van der Waals surface area contributed by atoms with Gasteiger partial charge in [0.2, 0.25) is 0 Å². The Kier molecular flexibility index (Phi) is 6.38. The van der Waals surface area contributed by atoms with E-state index in [4.69, 9.17) is 5.73 Å². The zero-order valence-corrected chi connectivity index (χ0v) is 17.7. The zero-order chi connectivity index (χ0) is 21.6. The van der Waals surface area contributed by atoms with Gasteiger partial charge in [0.05, 0.1) is 11.4 Å². The molecular formula is C25H23N3O2S. The SMILES string of the molecule is Nc1ccc(C2CC=CS2)cc1NC(=O)c1ccc(CNC(=O)c2ccccc2)cc1. The number of hydrogen-bond donors (Lipinski definition) is 3. The van der Waals surface area contributed by atoms with Gasteiger partial charge in [-0.25, -0.2) is 0 Å². The number of nitrogens with two attached hydrogens (primary N) is 1. The minimum atomic E-state index is -0.221. The van der Waals surface area contributed by atoms with E-state index in [1.165, 1.54) is 0 Å². The fourth-order valence-electron chi connectivity index (χ4n) is 3.32. The summed E-state index contributed by atoms with van der Waals surface area (Å²) < 4.78 is 0. The average Bonchev–Trinajstić information content (AvgIpc) is 3.35. The summed E-state index contributed by atoms with van der Waals surface area (Å²) in [7, 11) is 0.